The van der Waals surface area contributed by atoms with Gasteiger partial charge in [-0.25, -0.2) is 8.42 Å². The van der Waals surface area contributed by atoms with Crippen LogP contribution in [0.1, 0.15) is 25.3 Å². The molecule has 0 aliphatic carbocycles. The standard InChI is InChI=1S/C13H20N2O3S/c1-10-9-11(14)3-4-12(10)19(17,18)15-7-5-13(2,16)6-8-15/h3-4,9,16H,5-8,14H2,1-2H3. The van der Waals surface area contributed by atoms with Crippen molar-refractivity contribution in [3.05, 3.63) is 23.8 Å². The van der Waals surface area contributed by atoms with Crippen molar-refractivity contribution in [2.24, 2.45) is 0 Å². The van der Waals surface area contributed by atoms with Crippen molar-refractivity contribution < 1.29 is 13.5 Å². The van der Waals surface area contributed by atoms with Crippen molar-refractivity contribution in [3.63, 3.8) is 0 Å². The lowest BCUT2D eigenvalue weighted by molar-refractivity contribution is 0.0126. The maximum atomic E-state index is 12.5. The van der Waals surface area contributed by atoms with Gasteiger partial charge in [0.05, 0.1) is 10.5 Å². The summed E-state index contributed by atoms with van der Waals surface area (Å²) in [5.74, 6) is 0. The number of piperidine rings is 1. The van der Waals surface area contributed by atoms with Gasteiger partial charge in [0.25, 0.3) is 0 Å². The molecule has 0 atom stereocenters. The van der Waals surface area contributed by atoms with Gasteiger partial charge >= 0.3 is 0 Å². The van der Waals surface area contributed by atoms with Crippen LogP contribution >= 0.6 is 0 Å². The molecule has 6 heteroatoms. The minimum Gasteiger partial charge on any atom is -0.399 e. The zero-order valence-electron chi connectivity index (χ0n) is 11.3. The monoisotopic (exact) mass is 284 g/mol. The molecule has 0 radical (unpaired) electrons. The molecule has 106 valence electrons. The van der Waals surface area contributed by atoms with Crippen molar-refractivity contribution in [1.82, 2.24) is 4.31 Å². The fraction of sp³-hybridized carbons (Fsp3) is 0.538. The molecule has 19 heavy (non-hydrogen) atoms. The number of benzene rings is 1. The first kappa shape index (κ1) is 14.3. The van der Waals surface area contributed by atoms with E-state index < -0.39 is 15.6 Å². The summed E-state index contributed by atoms with van der Waals surface area (Å²) in [4.78, 5) is 0.295. The minimum atomic E-state index is -3.49. The minimum absolute atomic E-state index is 0.295. The summed E-state index contributed by atoms with van der Waals surface area (Å²) >= 11 is 0. The third-order valence-corrected chi connectivity index (χ3v) is 5.68. The van der Waals surface area contributed by atoms with Gasteiger partial charge in [-0.15, -0.1) is 0 Å². The van der Waals surface area contributed by atoms with Crippen LogP contribution in [0.15, 0.2) is 23.1 Å². The summed E-state index contributed by atoms with van der Waals surface area (Å²) in [6, 6.07) is 4.81. The van der Waals surface area contributed by atoms with E-state index in [-0.39, 0.29) is 0 Å². The van der Waals surface area contributed by atoms with E-state index in [0.717, 1.165) is 0 Å². The van der Waals surface area contributed by atoms with Crippen LogP contribution in [-0.4, -0.2) is 36.5 Å². The first-order valence-corrected chi connectivity index (χ1v) is 7.75. The van der Waals surface area contributed by atoms with Crippen molar-refractivity contribution in [2.45, 2.75) is 37.2 Å². The van der Waals surface area contributed by atoms with Crippen LogP contribution in [0.2, 0.25) is 0 Å². The zero-order chi connectivity index (χ0) is 14.3. The van der Waals surface area contributed by atoms with Gasteiger partial charge in [0.15, 0.2) is 0 Å². The van der Waals surface area contributed by atoms with Gasteiger partial charge in [-0.05, 0) is 50.5 Å². The first-order valence-electron chi connectivity index (χ1n) is 6.31. The number of aliphatic hydroxyl groups is 1. The molecule has 3 N–H and O–H groups in total. The SMILES string of the molecule is Cc1cc(N)ccc1S(=O)(=O)N1CCC(C)(O)CC1. The lowest BCUT2D eigenvalue weighted by Crippen LogP contribution is -2.45. The van der Waals surface area contributed by atoms with E-state index in [1.807, 2.05) is 0 Å². The van der Waals surface area contributed by atoms with E-state index in [2.05, 4.69) is 0 Å². The van der Waals surface area contributed by atoms with Crippen LogP contribution in [0.4, 0.5) is 5.69 Å². The number of hydrogen-bond donors (Lipinski definition) is 2. The summed E-state index contributed by atoms with van der Waals surface area (Å²) in [5.41, 5.74) is 6.09. The highest BCUT2D eigenvalue weighted by Crippen LogP contribution is 2.28. The predicted octanol–water partition coefficient (Wildman–Crippen LogP) is 1.11. The Kier molecular flexibility index (Phi) is 3.59. The molecule has 1 heterocycles. The van der Waals surface area contributed by atoms with Gasteiger partial charge < -0.3 is 10.8 Å². The van der Waals surface area contributed by atoms with Crippen molar-refractivity contribution in [2.75, 3.05) is 18.8 Å². The Morgan fingerprint density at radius 1 is 1.32 bits per heavy atom. The predicted molar refractivity (Wildman–Crippen MR) is 74.2 cm³/mol. The van der Waals surface area contributed by atoms with Gasteiger partial charge in [-0.2, -0.15) is 4.31 Å². The average Bonchev–Trinajstić information content (AvgIpc) is 2.27. The summed E-state index contributed by atoms with van der Waals surface area (Å²) in [5, 5.41) is 9.88. The smallest absolute Gasteiger partial charge is 0.243 e. The Balaban J connectivity index is 2.28. The molecule has 1 fully saturated rings. The van der Waals surface area contributed by atoms with Gasteiger partial charge in [0.2, 0.25) is 10.0 Å². The highest BCUT2D eigenvalue weighted by atomic mass is 32.2. The Morgan fingerprint density at radius 2 is 1.89 bits per heavy atom. The maximum Gasteiger partial charge on any atom is 0.243 e. The lowest BCUT2D eigenvalue weighted by Gasteiger charge is -2.35. The second-order valence-corrected chi connectivity index (χ2v) is 7.33. The second kappa shape index (κ2) is 4.77. The molecule has 0 aromatic heterocycles. The molecule has 0 saturated carbocycles. The summed E-state index contributed by atoms with van der Waals surface area (Å²) < 4.78 is 26.5. The van der Waals surface area contributed by atoms with E-state index >= 15 is 0 Å². The quantitative estimate of drug-likeness (QED) is 0.797. The van der Waals surface area contributed by atoms with Gasteiger partial charge in [-0.3, -0.25) is 0 Å². The molecule has 2 rings (SSSR count). The van der Waals surface area contributed by atoms with E-state index in [1.54, 1.807) is 32.0 Å². The third-order valence-electron chi connectivity index (χ3n) is 3.62. The van der Waals surface area contributed by atoms with E-state index in [1.165, 1.54) is 4.31 Å². The van der Waals surface area contributed by atoms with Crippen molar-refractivity contribution >= 4 is 15.7 Å². The molecule has 1 saturated heterocycles. The van der Waals surface area contributed by atoms with E-state index in [0.29, 0.717) is 42.1 Å². The zero-order valence-corrected chi connectivity index (χ0v) is 12.1. The molecule has 1 aromatic carbocycles. The second-order valence-electron chi connectivity index (χ2n) is 5.43. The summed E-state index contributed by atoms with van der Waals surface area (Å²) in [6.45, 7) is 4.17. The van der Waals surface area contributed by atoms with Crippen LogP contribution in [0.25, 0.3) is 0 Å². The van der Waals surface area contributed by atoms with Crippen molar-refractivity contribution in [1.29, 1.82) is 0 Å². The Hall–Kier alpha value is -1.11. The molecule has 0 spiro atoms. The average molecular weight is 284 g/mol. The summed E-state index contributed by atoms with van der Waals surface area (Å²) in [7, 11) is -3.49. The Morgan fingerprint density at radius 3 is 2.42 bits per heavy atom. The third kappa shape index (κ3) is 2.91. The fourth-order valence-electron chi connectivity index (χ4n) is 2.31. The number of anilines is 1. The molecule has 5 nitrogen and oxygen atoms in total. The molecule has 0 unspecified atom stereocenters. The van der Waals surface area contributed by atoms with Crippen molar-refractivity contribution in [3.8, 4) is 0 Å². The summed E-state index contributed by atoms with van der Waals surface area (Å²) in [6.07, 6.45) is 0.917. The molecule has 1 aliphatic heterocycles. The largest absolute Gasteiger partial charge is 0.399 e. The molecular weight excluding hydrogens is 264 g/mol. The highest BCUT2D eigenvalue weighted by molar-refractivity contribution is 7.89. The number of nitrogens with two attached hydrogens (primary N) is 1. The van der Waals surface area contributed by atoms with E-state index in [4.69, 9.17) is 5.73 Å². The van der Waals surface area contributed by atoms with Crippen LogP contribution in [0.5, 0.6) is 0 Å². The van der Waals surface area contributed by atoms with Gasteiger partial charge in [0.1, 0.15) is 0 Å². The normalized spacial score (nSPS) is 20.4. The number of aryl methyl sites for hydroxylation is 1. The molecule has 0 amide bonds. The Bertz CT molecular complexity index is 572. The first-order chi connectivity index (χ1) is 8.72. The van der Waals surface area contributed by atoms with E-state index in [9.17, 15) is 13.5 Å². The molecular formula is C13H20N2O3S. The lowest BCUT2D eigenvalue weighted by atomic mass is 9.95. The van der Waals surface area contributed by atoms with Gasteiger partial charge in [-0.1, -0.05) is 0 Å². The topological polar surface area (TPSA) is 83.6 Å². The number of nitrogens with zero attached hydrogens (tertiary/aromatic N) is 1. The number of hydrogen-bond acceptors (Lipinski definition) is 4. The fourth-order valence-corrected chi connectivity index (χ4v) is 3.96. The van der Waals surface area contributed by atoms with Crippen LogP contribution in [0, 0.1) is 6.92 Å². The molecule has 1 aromatic rings. The number of nitrogen functional groups attached to an aromatic ring is 1. The van der Waals surface area contributed by atoms with Crippen LogP contribution in [0.3, 0.4) is 0 Å². The van der Waals surface area contributed by atoms with Crippen LogP contribution < -0.4 is 5.73 Å². The maximum absolute atomic E-state index is 12.5. The van der Waals surface area contributed by atoms with Gasteiger partial charge in [0, 0.05) is 18.8 Å². The Labute approximate surface area is 114 Å². The molecule has 1 aliphatic rings. The van der Waals surface area contributed by atoms with Crippen LogP contribution in [-0.2, 0) is 10.0 Å². The molecule has 0 bridgehead atoms. The number of sulfonamides is 1. The highest BCUT2D eigenvalue weighted by Gasteiger charge is 2.34. The number of rotatable bonds is 2.